The molecule has 0 saturated carbocycles. The second-order valence-corrected chi connectivity index (χ2v) is 7.31. The third kappa shape index (κ3) is 3.60. The normalized spacial score (nSPS) is 16.6. The molecule has 1 atom stereocenters. The van der Waals surface area contributed by atoms with E-state index in [-0.39, 0.29) is 24.6 Å². The zero-order chi connectivity index (χ0) is 18.2. The van der Waals surface area contributed by atoms with Crippen LogP contribution in [0.15, 0.2) is 36.4 Å². The second kappa shape index (κ2) is 6.39. The molecule has 0 radical (unpaired) electrons. The van der Waals surface area contributed by atoms with Gasteiger partial charge in [0.25, 0.3) is 0 Å². The maximum absolute atomic E-state index is 12.6. The van der Waals surface area contributed by atoms with Crippen LogP contribution in [-0.4, -0.2) is 30.8 Å². The molecule has 1 heterocycles. The monoisotopic (exact) mass is 341 g/mol. The van der Waals surface area contributed by atoms with Crippen molar-refractivity contribution in [2.75, 3.05) is 18.1 Å². The number of ether oxygens (including phenoxy) is 2. The van der Waals surface area contributed by atoms with E-state index in [1.807, 2.05) is 57.2 Å². The standard InChI is InChI=1S/C20H23NO4/c1-13(22)24-12-15-11-21(19(23)25-20(2,3)4)17-10-9-14-7-5-6-8-16(14)18(15)17/h5-10,15H,11-12H2,1-4H3. The summed E-state index contributed by atoms with van der Waals surface area (Å²) in [7, 11) is 0. The van der Waals surface area contributed by atoms with Crippen LogP contribution in [0.25, 0.3) is 10.8 Å². The number of nitrogens with zero attached hydrogens (tertiary/aromatic N) is 1. The number of esters is 1. The van der Waals surface area contributed by atoms with Gasteiger partial charge in [0, 0.05) is 19.4 Å². The van der Waals surface area contributed by atoms with Crippen molar-refractivity contribution < 1.29 is 19.1 Å². The molecule has 0 spiro atoms. The molecule has 0 saturated heterocycles. The van der Waals surface area contributed by atoms with E-state index in [1.54, 1.807) is 4.90 Å². The summed E-state index contributed by atoms with van der Waals surface area (Å²) in [6.07, 6.45) is -0.380. The summed E-state index contributed by atoms with van der Waals surface area (Å²) in [5, 5.41) is 2.17. The largest absolute Gasteiger partial charge is 0.465 e. The van der Waals surface area contributed by atoms with Gasteiger partial charge in [0.2, 0.25) is 0 Å². The number of amides is 1. The minimum Gasteiger partial charge on any atom is -0.465 e. The zero-order valence-corrected chi connectivity index (χ0v) is 15.0. The van der Waals surface area contributed by atoms with E-state index in [2.05, 4.69) is 0 Å². The maximum atomic E-state index is 12.6. The average molecular weight is 341 g/mol. The number of carbonyl (C=O) groups is 2. The van der Waals surface area contributed by atoms with E-state index in [9.17, 15) is 9.59 Å². The Labute approximate surface area is 147 Å². The summed E-state index contributed by atoms with van der Waals surface area (Å²) in [6.45, 7) is 7.61. The fourth-order valence-corrected chi connectivity index (χ4v) is 3.20. The summed E-state index contributed by atoms with van der Waals surface area (Å²) in [5.74, 6) is -0.393. The molecule has 0 aromatic heterocycles. The van der Waals surface area contributed by atoms with Gasteiger partial charge in [0.15, 0.2) is 0 Å². The van der Waals surface area contributed by atoms with Gasteiger partial charge < -0.3 is 9.47 Å². The molecular formula is C20H23NO4. The number of fused-ring (bicyclic) bond motifs is 3. The predicted octanol–water partition coefficient (Wildman–Crippen LogP) is 4.24. The molecule has 1 unspecified atom stereocenters. The van der Waals surface area contributed by atoms with Gasteiger partial charge in [-0.25, -0.2) is 4.79 Å². The van der Waals surface area contributed by atoms with Gasteiger partial charge in [-0.3, -0.25) is 9.69 Å². The summed E-state index contributed by atoms with van der Waals surface area (Å²) in [4.78, 5) is 25.5. The summed E-state index contributed by atoms with van der Waals surface area (Å²) in [5.41, 5.74) is 1.29. The van der Waals surface area contributed by atoms with Crippen LogP contribution in [0.1, 0.15) is 39.2 Å². The minimum atomic E-state index is -0.567. The maximum Gasteiger partial charge on any atom is 0.414 e. The molecule has 5 heteroatoms. The van der Waals surface area contributed by atoms with E-state index in [0.717, 1.165) is 22.0 Å². The Morgan fingerprint density at radius 1 is 1.16 bits per heavy atom. The fraction of sp³-hybridized carbons (Fsp3) is 0.400. The van der Waals surface area contributed by atoms with Crippen LogP contribution in [-0.2, 0) is 14.3 Å². The Kier molecular flexibility index (Phi) is 4.41. The Morgan fingerprint density at radius 2 is 1.88 bits per heavy atom. The quantitative estimate of drug-likeness (QED) is 0.767. The van der Waals surface area contributed by atoms with E-state index in [1.165, 1.54) is 6.92 Å². The van der Waals surface area contributed by atoms with Crippen LogP contribution in [0.4, 0.5) is 10.5 Å². The predicted molar refractivity (Wildman–Crippen MR) is 96.9 cm³/mol. The van der Waals surface area contributed by atoms with Gasteiger partial charge in [-0.1, -0.05) is 30.3 Å². The molecule has 1 amide bonds. The Morgan fingerprint density at radius 3 is 2.56 bits per heavy atom. The molecule has 5 nitrogen and oxygen atoms in total. The SMILES string of the molecule is CC(=O)OCC1CN(C(=O)OC(C)(C)C)c2ccc3ccccc3c21. The van der Waals surface area contributed by atoms with E-state index in [0.29, 0.717) is 6.54 Å². The molecule has 25 heavy (non-hydrogen) atoms. The number of hydrogen-bond acceptors (Lipinski definition) is 4. The Balaban J connectivity index is 2.02. The van der Waals surface area contributed by atoms with Gasteiger partial charge in [-0.15, -0.1) is 0 Å². The van der Waals surface area contributed by atoms with Crippen LogP contribution >= 0.6 is 0 Å². The Hall–Kier alpha value is -2.56. The highest BCUT2D eigenvalue weighted by Crippen LogP contribution is 2.41. The summed E-state index contributed by atoms with van der Waals surface area (Å²) >= 11 is 0. The molecule has 2 aromatic carbocycles. The molecular weight excluding hydrogens is 318 g/mol. The van der Waals surface area contributed by atoms with Gasteiger partial charge in [-0.2, -0.15) is 0 Å². The third-order valence-electron chi connectivity index (χ3n) is 4.15. The van der Waals surface area contributed by atoms with Crippen LogP contribution in [0.3, 0.4) is 0 Å². The highest BCUT2D eigenvalue weighted by atomic mass is 16.6. The van der Waals surface area contributed by atoms with Crippen molar-refractivity contribution in [3.63, 3.8) is 0 Å². The van der Waals surface area contributed by atoms with E-state index in [4.69, 9.17) is 9.47 Å². The van der Waals surface area contributed by atoms with E-state index < -0.39 is 5.60 Å². The zero-order valence-electron chi connectivity index (χ0n) is 15.0. The number of rotatable bonds is 2. The van der Waals surface area contributed by atoms with Crippen molar-refractivity contribution in [3.8, 4) is 0 Å². The minimum absolute atomic E-state index is 0.0717. The van der Waals surface area contributed by atoms with Gasteiger partial charge >= 0.3 is 12.1 Å². The molecule has 132 valence electrons. The van der Waals surface area contributed by atoms with Gasteiger partial charge in [0.1, 0.15) is 5.60 Å². The molecule has 0 fully saturated rings. The Bertz CT molecular complexity index is 822. The average Bonchev–Trinajstić information content (AvgIpc) is 2.90. The highest BCUT2D eigenvalue weighted by molar-refractivity contribution is 5.99. The lowest BCUT2D eigenvalue weighted by molar-refractivity contribution is -0.141. The van der Waals surface area contributed by atoms with Crippen molar-refractivity contribution in [3.05, 3.63) is 42.0 Å². The van der Waals surface area contributed by atoms with Crippen molar-refractivity contribution in [2.24, 2.45) is 0 Å². The molecule has 1 aliphatic heterocycles. The van der Waals surface area contributed by atoms with Gasteiger partial charge in [0.05, 0.1) is 12.3 Å². The van der Waals surface area contributed by atoms with Crippen molar-refractivity contribution in [1.29, 1.82) is 0 Å². The van der Waals surface area contributed by atoms with Crippen LogP contribution < -0.4 is 4.90 Å². The summed E-state index contributed by atoms with van der Waals surface area (Å²) in [6, 6.07) is 12.0. The van der Waals surface area contributed by atoms with Gasteiger partial charge in [-0.05, 0) is 43.2 Å². The third-order valence-corrected chi connectivity index (χ3v) is 4.15. The first kappa shape index (κ1) is 17.3. The topological polar surface area (TPSA) is 55.8 Å². The number of carbonyl (C=O) groups excluding carboxylic acids is 2. The molecule has 0 N–H and O–H groups in total. The summed E-state index contributed by atoms with van der Waals surface area (Å²) < 4.78 is 10.8. The number of benzene rings is 2. The molecule has 1 aliphatic rings. The smallest absolute Gasteiger partial charge is 0.414 e. The first-order chi connectivity index (χ1) is 11.8. The highest BCUT2D eigenvalue weighted by Gasteiger charge is 2.36. The lowest BCUT2D eigenvalue weighted by Crippen LogP contribution is -2.36. The molecule has 2 aromatic rings. The fourth-order valence-electron chi connectivity index (χ4n) is 3.20. The molecule has 0 aliphatic carbocycles. The number of anilines is 1. The van der Waals surface area contributed by atoms with Crippen LogP contribution in [0, 0.1) is 0 Å². The lowest BCUT2D eigenvalue weighted by Gasteiger charge is -2.25. The van der Waals surface area contributed by atoms with Crippen molar-refractivity contribution in [1.82, 2.24) is 0 Å². The molecule has 3 rings (SSSR count). The van der Waals surface area contributed by atoms with Crippen LogP contribution in [0.2, 0.25) is 0 Å². The second-order valence-electron chi connectivity index (χ2n) is 7.31. The first-order valence-corrected chi connectivity index (χ1v) is 8.42. The van der Waals surface area contributed by atoms with Crippen molar-refractivity contribution >= 4 is 28.5 Å². The van der Waals surface area contributed by atoms with Crippen LogP contribution in [0.5, 0.6) is 0 Å². The van der Waals surface area contributed by atoms with E-state index >= 15 is 0 Å². The molecule has 0 bridgehead atoms. The van der Waals surface area contributed by atoms with Crippen molar-refractivity contribution in [2.45, 2.75) is 39.2 Å². The number of hydrogen-bond donors (Lipinski definition) is 0. The lowest BCUT2D eigenvalue weighted by atomic mass is 9.95. The first-order valence-electron chi connectivity index (χ1n) is 8.42.